The van der Waals surface area contributed by atoms with Crippen LogP contribution in [0.5, 0.6) is 0 Å². The molecule has 0 atom stereocenters. The molecule has 0 aliphatic rings. The topological polar surface area (TPSA) is 0 Å². The standard InChI is InChI=1S/C10H7F7/c1-5-7(9(12,13)14)2-6(4-11)3-8(5)10(15,16)17/h2-3H,4H2,1H3. The maximum absolute atomic E-state index is 12.4. The number of alkyl halides is 7. The minimum absolute atomic E-state index is 0.393. The average Bonchev–Trinajstić information content (AvgIpc) is 2.14. The summed E-state index contributed by atoms with van der Waals surface area (Å²) >= 11 is 0. The Bertz CT molecular complexity index is 379. The number of halogens is 7. The fourth-order valence-corrected chi connectivity index (χ4v) is 1.44. The molecular formula is C10H7F7. The van der Waals surface area contributed by atoms with Gasteiger partial charge in [-0.1, -0.05) is 0 Å². The average molecular weight is 260 g/mol. The summed E-state index contributed by atoms with van der Waals surface area (Å²) in [6.07, 6.45) is -9.87. The first kappa shape index (κ1) is 13.8. The van der Waals surface area contributed by atoms with Crippen molar-refractivity contribution in [2.75, 3.05) is 0 Å². The van der Waals surface area contributed by atoms with Crippen molar-refractivity contribution in [1.82, 2.24) is 0 Å². The van der Waals surface area contributed by atoms with E-state index in [-0.39, 0.29) is 0 Å². The van der Waals surface area contributed by atoms with Crippen molar-refractivity contribution >= 4 is 0 Å². The van der Waals surface area contributed by atoms with Crippen molar-refractivity contribution in [3.05, 3.63) is 34.4 Å². The van der Waals surface area contributed by atoms with Gasteiger partial charge in [-0.15, -0.1) is 0 Å². The lowest BCUT2D eigenvalue weighted by atomic mass is 9.98. The zero-order chi connectivity index (χ0) is 13.4. The first-order valence-corrected chi connectivity index (χ1v) is 4.41. The van der Waals surface area contributed by atoms with E-state index >= 15 is 0 Å². The minimum Gasteiger partial charge on any atom is -0.246 e. The van der Waals surface area contributed by atoms with Crippen LogP contribution in [0.25, 0.3) is 0 Å². The van der Waals surface area contributed by atoms with E-state index in [4.69, 9.17) is 0 Å². The molecule has 96 valence electrons. The van der Waals surface area contributed by atoms with Gasteiger partial charge >= 0.3 is 12.4 Å². The molecule has 0 bridgehead atoms. The highest BCUT2D eigenvalue weighted by Crippen LogP contribution is 2.39. The van der Waals surface area contributed by atoms with Crippen molar-refractivity contribution in [2.45, 2.75) is 26.0 Å². The second-order valence-electron chi connectivity index (χ2n) is 3.45. The van der Waals surface area contributed by atoms with Gasteiger partial charge in [-0.05, 0) is 30.2 Å². The van der Waals surface area contributed by atoms with E-state index in [1.54, 1.807) is 0 Å². The highest BCUT2D eigenvalue weighted by atomic mass is 19.4. The molecule has 1 aromatic rings. The first-order chi connectivity index (χ1) is 7.57. The monoisotopic (exact) mass is 260 g/mol. The van der Waals surface area contributed by atoms with Crippen molar-refractivity contribution < 1.29 is 30.7 Å². The van der Waals surface area contributed by atoms with Gasteiger partial charge in [0.15, 0.2) is 0 Å². The Balaban J connectivity index is 3.53. The van der Waals surface area contributed by atoms with Crippen molar-refractivity contribution in [1.29, 1.82) is 0 Å². The number of hydrogen-bond acceptors (Lipinski definition) is 0. The lowest BCUT2D eigenvalue weighted by Gasteiger charge is -2.17. The fourth-order valence-electron chi connectivity index (χ4n) is 1.44. The molecule has 0 radical (unpaired) electrons. The van der Waals surface area contributed by atoms with Crippen LogP contribution in [0.15, 0.2) is 12.1 Å². The fraction of sp³-hybridized carbons (Fsp3) is 0.400. The quantitative estimate of drug-likeness (QED) is 0.652. The van der Waals surface area contributed by atoms with Crippen LogP contribution in [0.2, 0.25) is 0 Å². The summed E-state index contributed by atoms with van der Waals surface area (Å²) in [5.41, 5.74) is -4.50. The molecule has 1 rings (SSSR count). The van der Waals surface area contributed by atoms with Crippen molar-refractivity contribution in [3.8, 4) is 0 Å². The summed E-state index contributed by atoms with van der Waals surface area (Å²) < 4.78 is 86.9. The molecule has 0 unspecified atom stereocenters. The molecule has 17 heavy (non-hydrogen) atoms. The molecule has 1 aromatic carbocycles. The van der Waals surface area contributed by atoms with E-state index in [2.05, 4.69) is 0 Å². The summed E-state index contributed by atoms with van der Waals surface area (Å²) in [5.74, 6) is 0. The van der Waals surface area contributed by atoms with Gasteiger partial charge in [-0.3, -0.25) is 0 Å². The maximum atomic E-state index is 12.4. The predicted molar refractivity (Wildman–Crippen MR) is 46.0 cm³/mol. The van der Waals surface area contributed by atoms with Crippen molar-refractivity contribution in [3.63, 3.8) is 0 Å². The summed E-state index contributed by atoms with van der Waals surface area (Å²) in [7, 11) is 0. The Morgan fingerprint density at radius 3 is 1.47 bits per heavy atom. The third kappa shape index (κ3) is 2.89. The van der Waals surface area contributed by atoms with Gasteiger partial charge in [0, 0.05) is 0 Å². The number of rotatable bonds is 1. The molecule has 0 aromatic heterocycles. The predicted octanol–water partition coefficient (Wildman–Crippen LogP) is 4.50. The lowest BCUT2D eigenvalue weighted by Crippen LogP contribution is -2.15. The van der Waals surface area contributed by atoms with Crippen LogP contribution in [-0.4, -0.2) is 0 Å². The van der Waals surface area contributed by atoms with E-state index in [0.29, 0.717) is 19.1 Å². The van der Waals surface area contributed by atoms with Crippen LogP contribution in [0.4, 0.5) is 30.7 Å². The molecule has 7 heteroatoms. The molecule has 0 amide bonds. The van der Waals surface area contributed by atoms with Gasteiger partial charge in [-0.2, -0.15) is 26.3 Å². The largest absolute Gasteiger partial charge is 0.416 e. The Morgan fingerprint density at radius 2 is 1.24 bits per heavy atom. The molecule has 0 heterocycles. The Hall–Kier alpha value is -1.27. The number of benzene rings is 1. The first-order valence-electron chi connectivity index (χ1n) is 4.41. The second-order valence-corrected chi connectivity index (χ2v) is 3.45. The molecule has 0 aliphatic carbocycles. The SMILES string of the molecule is Cc1c(C(F)(F)F)cc(CF)cc1C(F)(F)F. The smallest absolute Gasteiger partial charge is 0.246 e. The van der Waals surface area contributed by atoms with E-state index in [0.717, 1.165) is 0 Å². The molecule has 0 saturated carbocycles. The third-order valence-corrected chi connectivity index (χ3v) is 2.23. The number of hydrogen-bond donors (Lipinski definition) is 0. The minimum atomic E-state index is -4.94. The normalized spacial score (nSPS) is 12.9. The maximum Gasteiger partial charge on any atom is 0.416 e. The highest BCUT2D eigenvalue weighted by Gasteiger charge is 2.39. The van der Waals surface area contributed by atoms with Crippen molar-refractivity contribution in [2.24, 2.45) is 0 Å². The Labute approximate surface area is 92.0 Å². The van der Waals surface area contributed by atoms with Gasteiger partial charge in [0.2, 0.25) is 0 Å². The molecule has 0 fully saturated rings. The van der Waals surface area contributed by atoms with Crippen LogP contribution in [0.3, 0.4) is 0 Å². The molecule has 0 aliphatic heterocycles. The van der Waals surface area contributed by atoms with Gasteiger partial charge < -0.3 is 0 Å². The molecule has 0 nitrogen and oxygen atoms in total. The highest BCUT2D eigenvalue weighted by molar-refractivity contribution is 5.41. The van der Waals surface area contributed by atoms with E-state index in [9.17, 15) is 30.7 Å². The second kappa shape index (κ2) is 4.19. The van der Waals surface area contributed by atoms with Gasteiger partial charge in [-0.25, -0.2) is 4.39 Å². The van der Waals surface area contributed by atoms with E-state index < -0.39 is 41.3 Å². The van der Waals surface area contributed by atoms with Crippen LogP contribution in [-0.2, 0) is 19.0 Å². The molecule has 0 N–H and O–H groups in total. The zero-order valence-corrected chi connectivity index (χ0v) is 8.51. The van der Waals surface area contributed by atoms with Gasteiger partial charge in [0.25, 0.3) is 0 Å². The van der Waals surface area contributed by atoms with Gasteiger partial charge in [0.1, 0.15) is 6.67 Å². The van der Waals surface area contributed by atoms with Crippen LogP contribution in [0.1, 0.15) is 22.3 Å². The lowest BCUT2D eigenvalue weighted by molar-refractivity contribution is -0.144. The summed E-state index contributed by atoms with van der Waals surface area (Å²) in [5, 5.41) is 0. The molecule has 0 saturated heterocycles. The Kier molecular flexibility index (Phi) is 3.40. The zero-order valence-electron chi connectivity index (χ0n) is 8.51. The summed E-state index contributed by atoms with van der Waals surface area (Å²) in [4.78, 5) is 0. The molecule has 0 spiro atoms. The summed E-state index contributed by atoms with van der Waals surface area (Å²) in [6.45, 7) is -0.667. The van der Waals surface area contributed by atoms with E-state index in [1.807, 2.05) is 0 Å². The van der Waals surface area contributed by atoms with E-state index in [1.165, 1.54) is 0 Å². The van der Waals surface area contributed by atoms with Crippen LogP contribution < -0.4 is 0 Å². The Morgan fingerprint density at radius 1 is 0.882 bits per heavy atom. The van der Waals surface area contributed by atoms with Crippen LogP contribution >= 0.6 is 0 Å². The summed E-state index contributed by atoms with van der Waals surface area (Å²) in [6, 6.07) is 0.787. The van der Waals surface area contributed by atoms with Crippen LogP contribution in [0, 0.1) is 6.92 Å². The van der Waals surface area contributed by atoms with Gasteiger partial charge in [0.05, 0.1) is 11.1 Å². The third-order valence-electron chi connectivity index (χ3n) is 2.23. The molecular weight excluding hydrogens is 253 g/mol.